The first-order chi connectivity index (χ1) is 7.68. The Morgan fingerprint density at radius 1 is 1.12 bits per heavy atom. The third-order valence-electron chi connectivity index (χ3n) is 2.13. The van der Waals surface area contributed by atoms with Gasteiger partial charge in [0, 0.05) is 12.1 Å². The minimum absolute atomic E-state index is 0.0101. The number of nitrogens with zero attached hydrogens (tertiary/aromatic N) is 1. The van der Waals surface area contributed by atoms with Crippen LogP contribution in [-0.2, 0) is 0 Å². The summed E-state index contributed by atoms with van der Waals surface area (Å²) < 4.78 is 4.70. The molecule has 0 N–H and O–H groups in total. The van der Waals surface area contributed by atoms with E-state index in [1.54, 1.807) is 12.1 Å². The number of hydrogen-bond acceptors (Lipinski definition) is 4. The van der Waals surface area contributed by atoms with Crippen LogP contribution in [-0.4, -0.2) is 4.92 Å². The molecule has 80 valence electrons. The van der Waals surface area contributed by atoms with Gasteiger partial charge in [-0.25, -0.2) is 4.79 Å². The molecule has 1 aromatic heterocycles. The number of nitro groups is 1. The van der Waals surface area contributed by atoms with Gasteiger partial charge in [-0.1, -0.05) is 0 Å². The molecular formula is C11H7NO4. The summed E-state index contributed by atoms with van der Waals surface area (Å²) >= 11 is 0. The zero-order valence-electron chi connectivity index (χ0n) is 8.12. The fourth-order valence-electron chi connectivity index (χ4n) is 1.34. The Balaban J connectivity index is 2.47. The summed E-state index contributed by atoms with van der Waals surface area (Å²) in [6.45, 7) is 0. The van der Waals surface area contributed by atoms with Gasteiger partial charge < -0.3 is 4.42 Å². The average molecular weight is 217 g/mol. The van der Waals surface area contributed by atoms with E-state index < -0.39 is 10.5 Å². The molecule has 2 rings (SSSR count). The summed E-state index contributed by atoms with van der Waals surface area (Å²) in [6.07, 6.45) is 1.29. The molecule has 0 spiro atoms. The minimum Gasteiger partial charge on any atom is -0.431 e. The molecule has 5 heteroatoms. The van der Waals surface area contributed by atoms with Gasteiger partial charge in [-0.3, -0.25) is 10.1 Å². The molecule has 0 atom stereocenters. The zero-order chi connectivity index (χ0) is 11.5. The molecule has 0 fully saturated rings. The van der Waals surface area contributed by atoms with Crippen LogP contribution in [0.4, 0.5) is 5.69 Å². The molecule has 0 saturated carbocycles. The minimum atomic E-state index is -0.489. The number of non-ortho nitro benzene ring substituents is 1. The first-order valence-corrected chi connectivity index (χ1v) is 4.51. The molecule has 5 nitrogen and oxygen atoms in total. The average Bonchev–Trinajstić information content (AvgIpc) is 2.30. The summed E-state index contributed by atoms with van der Waals surface area (Å²) in [5.41, 5.74) is 0.512. The predicted molar refractivity (Wildman–Crippen MR) is 57.1 cm³/mol. The fourth-order valence-corrected chi connectivity index (χ4v) is 1.34. The van der Waals surface area contributed by atoms with Crippen molar-refractivity contribution in [1.82, 2.24) is 0 Å². The van der Waals surface area contributed by atoms with E-state index in [0.717, 1.165) is 0 Å². The molecule has 16 heavy (non-hydrogen) atoms. The van der Waals surface area contributed by atoms with Crippen LogP contribution in [0.15, 0.2) is 51.9 Å². The second-order valence-corrected chi connectivity index (χ2v) is 3.12. The van der Waals surface area contributed by atoms with Gasteiger partial charge in [-0.05, 0) is 29.8 Å². The van der Waals surface area contributed by atoms with Crippen molar-refractivity contribution >= 4 is 5.69 Å². The van der Waals surface area contributed by atoms with Gasteiger partial charge in [0.05, 0.1) is 16.7 Å². The van der Waals surface area contributed by atoms with Gasteiger partial charge >= 0.3 is 5.63 Å². The molecule has 0 aliphatic rings. The number of nitro benzene ring substituents is 1. The Labute approximate surface area is 90.1 Å². The van der Waals surface area contributed by atoms with Gasteiger partial charge in [-0.15, -0.1) is 0 Å². The van der Waals surface area contributed by atoms with Crippen molar-refractivity contribution in [2.75, 3.05) is 0 Å². The zero-order valence-corrected chi connectivity index (χ0v) is 8.12. The highest BCUT2D eigenvalue weighted by Crippen LogP contribution is 2.19. The Hall–Kier alpha value is -2.43. The third-order valence-corrected chi connectivity index (χ3v) is 2.13. The standard InChI is InChI=1S/C11H7NO4/c13-11-10(2-1-7-16-11)8-3-5-9(6-4-8)12(14)15/h1-7H. The maximum atomic E-state index is 11.3. The largest absolute Gasteiger partial charge is 0.431 e. The van der Waals surface area contributed by atoms with Crippen molar-refractivity contribution < 1.29 is 9.34 Å². The van der Waals surface area contributed by atoms with E-state index in [0.29, 0.717) is 11.1 Å². The Kier molecular flexibility index (Phi) is 2.51. The van der Waals surface area contributed by atoms with Crippen LogP contribution in [0.5, 0.6) is 0 Å². The number of hydrogen-bond donors (Lipinski definition) is 0. The molecule has 0 aliphatic heterocycles. The summed E-state index contributed by atoms with van der Waals surface area (Å²) in [7, 11) is 0. The SMILES string of the molecule is O=c1occcc1-c1ccc([N+](=O)[O-])cc1. The topological polar surface area (TPSA) is 73.3 Å². The quantitative estimate of drug-likeness (QED) is 0.571. The Morgan fingerprint density at radius 3 is 2.38 bits per heavy atom. The maximum absolute atomic E-state index is 11.3. The molecule has 0 saturated heterocycles. The lowest BCUT2D eigenvalue weighted by molar-refractivity contribution is -0.384. The second-order valence-electron chi connectivity index (χ2n) is 3.12. The molecule has 0 unspecified atom stereocenters. The lowest BCUT2D eigenvalue weighted by Gasteiger charge is -1.98. The van der Waals surface area contributed by atoms with Crippen LogP contribution in [0.1, 0.15) is 0 Å². The second kappa shape index (κ2) is 3.98. The van der Waals surface area contributed by atoms with E-state index in [1.165, 1.54) is 30.5 Å². The van der Waals surface area contributed by atoms with Gasteiger partial charge in [0.1, 0.15) is 0 Å². The molecule has 0 amide bonds. The van der Waals surface area contributed by atoms with E-state index >= 15 is 0 Å². The van der Waals surface area contributed by atoms with Crippen molar-refractivity contribution in [3.63, 3.8) is 0 Å². The van der Waals surface area contributed by atoms with Crippen LogP contribution in [0.3, 0.4) is 0 Å². The van der Waals surface area contributed by atoms with E-state index in [2.05, 4.69) is 0 Å². The highest BCUT2D eigenvalue weighted by Gasteiger charge is 2.07. The molecule has 1 heterocycles. The van der Waals surface area contributed by atoms with Crippen LogP contribution in [0.2, 0.25) is 0 Å². The summed E-state index contributed by atoms with van der Waals surface area (Å²) in [5, 5.41) is 10.4. The highest BCUT2D eigenvalue weighted by molar-refractivity contribution is 5.63. The van der Waals surface area contributed by atoms with Gasteiger partial charge in [0.2, 0.25) is 0 Å². The van der Waals surface area contributed by atoms with Crippen LogP contribution in [0, 0.1) is 10.1 Å². The molecular weight excluding hydrogens is 210 g/mol. The van der Waals surface area contributed by atoms with Crippen molar-refractivity contribution in [3.8, 4) is 11.1 Å². The van der Waals surface area contributed by atoms with Gasteiger partial charge in [0.25, 0.3) is 5.69 Å². The summed E-state index contributed by atoms with van der Waals surface area (Å²) in [6, 6.07) is 8.93. The van der Waals surface area contributed by atoms with Crippen LogP contribution in [0.25, 0.3) is 11.1 Å². The van der Waals surface area contributed by atoms with Gasteiger partial charge in [-0.2, -0.15) is 0 Å². The maximum Gasteiger partial charge on any atom is 0.343 e. The van der Waals surface area contributed by atoms with Crippen molar-refractivity contribution in [3.05, 3.63) is 63.2 Å². The third kappa shape index (κ3) is 1.83. The normalized spacial score (nSPS) is 10.0. The molecule has 2 aromatic rings. The lowest BCUT2D eigenvalue weighted by atomic mass is 10.1. The number of rotatable bonds is 2. The van der Waals surface area contributed by atoms with E-state index in [-0.39, 0.29) is 5.69 Å². The summed E-state index contributed by atoms with van der Waals surface area (Å²) in [5.74, 6) is 0. The molecule has 0 radical (unpaired) electrons. The Bertz CT molecular complexity index is 571. The van der Waals surface area contributed by atoms with E-state index in [9.17, 15) is 14.9 Å². The van der Waals surface area contributed by atoms with Crippen molar-refractivity contribution in [1.29, 1.82) is 0 Å². The molecule has 0 bridgehead atoms. The lowest BCUT2D eigenvalue weighted by Crippen LogP contribution is -2.00. The van der Waals surface area contributed by atoms with E-state index in [4.69, 9.17) is 4.42 Å². The molecule has 0 aliphatic carbocycles. The first-order valence-electron chi connectivity index (χ1n) is 4.51. The van der Waals surface area contributed by atoms with Crippen molar-refractivity contribution in [2.24, 2.45) is 0 Å². The fraction of sp³-hybridized carbons (Fsp3) is 0. The monoisotopic (exact) mass is 217 g/mol. The Morgan fingerprint density at radius 2 is 1.81 bits per heavy atom. The van der Waals surface area contributed by atoms with Gasteiger partial charge in [0.15, 0.2) is 0 Å². The number of benzene rings is 1. The molecule has 1 aromatic carbocycles. The smallest absolute Gasteiger partial charge is 0.343 e. The summed E-state index contributed by atoms with van der Waals surface area (Å²) in [4.78, 5) is 21.3. The van der Waals surface area contributed by atoms with Crippen LogP contribution >= 0.6 is 0 Å². The highest BCUT2D eigenvalue weighted by atomic mass is 16.6. The predicted octanol–water partition coefficient (Wildman–Crippen LogP) is 2.21. The van der Waals surface area contributed by atoms with E-state index in [1.807, 2.05) is 0 Å². The first kappa shape index (κ1) is 10.1. The van der Waals surface area contributed by atoms with Crippen LogP contribution < -0.4 is 5.63 Å². The van der Waals surface area contributed by atoms with Crippen molar-refractivity contribution in [2.45, 2.75) is 0 Å².